The van der Waals surface area contributed by atoms with Gasteiger partial charge in [-0.2, -0.15) is 0 Å². The summed E-state index contributed by atoms with van der Waals surface area (Å²) < 4.78 is 5.83. The molecule has 1 unspecified atom stereocenters. The first-order valence-corrected chi connectivity index (χ1v) is 5.73. The fourth-order valence-corrected chi connectivity index (χ4v) is 1.41. The van der Waals surface area contributed by atoms with Gasteiger partial charge in [0.25, 0.3) is 0 Å². The second kappa shape index (κ2) is 5.47. The van der Waals surface area contributed by atoms with Gasteiger partial charge in [0.1, 0.15) is 5.15 Å². The van der Waals surface area contributed by atoms with Crippen molar-refractivity contribution in [2.24, 2.45) is 0 Å². The van der Waals surface area contributed by atoms with Crippen LogP contribution >= 0.6 is 27.5 Å². The fourth-order valence-electron chi connectivity index (χ4n) is 0.895. The number of pyridine rings is 1. The predicted octanol–water partition coefficient (Wildman–Crippen LogP) is 3.45. The molecular formula is C10H11BrClNO2. The Balaban J connectivity index is 2.86. The summed E-state index contributed by atoms with van der Waals surface area (Å²) >= 11 is 9.00. The van der Waals surface area contributed by atoms with Crippen LogP contribution in [-0.2, 0) is 4.74 Å². The average molecular weight is 293 g/mol. The third-order valence-corrected chi connectivity index (χ3v) is 2.64. The van der Waals surface area contributed by atoms with Crippen LogP contribution in [0.2, 0.25) is 5.15 Å². The van der Waals surface area contributed by atoms with Crippen LogP contribution < -0.4 is 0 Å². The second-order valence-corrected chi connectivity index (χ2v) is 4.39. The summed E-state index contributed by atoms with van der Waals surface area (Å²) in [7, 11) is 0. The smallest absolute Gasteiger partial charge is 0.341 e. The molecule has 0 amide bonds. The van der Waals surface area contributed by atoms with Crippen LogP contribution in [0.4, 0.5) is 0 Å². The summed E-state index contributed by atoms with van der Waals surface area (Å²) in [5.41, 5.74) is 0.284. The number of carbonyl (C=O) groups is 1. The minimum atomic E-state index is -0.442. The molecule has 0 fully saturated rings. The molecule has 0 aliphatic rings. The maximum atomic E-state index is 11.6. The average Bonchev–Trinajstić information content (AvgIpc) is 2.21. The Labute approximate surface area is 102 Å². The van der Waals surface area contributed by atoms with Crippen molar-refractivity contribution < 1.29 is 9.53 Å². The summed E-state index contributed by atoms with van der Waals surface area (Å²) in [6.45, 7) is 3.77. The lowest BCUT2D eigenvalue weighted by Crippen LogP contribution is -2.14. The van der Waals surface area contributed by atoms with Crippen molar-refractivity contribution >= 4 is 33.5 Å². The van der Waals surface area contributed by atoms with Gasteiger partial charge >= 0.3 is 5.97 Å². The molecule has 15 heavy (non-hydrogen) atoms. The van der Waals surface area contributed by atoms with E-state index in [4.69, 9.17) is 16.3 Å². The highest BCUT2D eigenvalue weighted by molar-refractivity contribution is 9.10. The van der Waals surface area contributed by atoms with Crippen molar-refractivity contribution in [3.05, 3.63) is 27.5 Å². The topological polar surface area (TPSA) is 39.2 Å². The highest BCUT2D eigenvalue weighted by atomic mass is 79.9. The maximum Gasteiger partial charge on any atom is 0.341 e. The van der Waals surface area contributed by atoms with Gasteiger partial charge in [-0.1, -0.05) is 18.5 Å². The van der Waals surface area contributed by atoms with E-state index >= 15 is 0 Å². The summed E-state index contributed by atoms with van der Waals surface area (Å²) in [5.74, 6) is -0.442. The zero-order chi connectivity index (χ0) is 11.4. The lowest BCUT2D eigenvalue weighted by molar-refractivity contribution is 0.0334. The highest BCUT2D eigenvalue weighted by Crippen LogP contribution is 2.19. The number of rotatable bonds is 3. The number of aromatic nitrogens is 1. The van der Waals surface area contributed by atoms with Crippen LogP contribution in [-0.4, -0.2) is 17.1 Å². The molecule has 0 saturated carbocycles. The summed E-state index contributed by atoms with van der Waals surface area (Å²) in [4.78, 5) is 15.5. The molecule has 5 heteroatoms. The van der Waals surface area contributed by atoms with E-state index in [2.05, 4.69) is 20.9 Å². The van der Waals surface area contributed by atoms with Gasteiger partial charge in [0.05, 0.1) is 11.7 Å². The molecule has 0 saturated heterocycles. The number of halogens is 2. The summed E-state index contributed by atoms with van der Waals surface area (Å²) in [5, 5.41) is 0.159. The molecule has 0 N–H and O–H groups in total. The van der Waals surface area contributed by atoms with Gasteiger partial charge < -0.3 is 4.74 Å². The first kappa shape index (κ1) is 12.5. The van der Waals surface area contributed by atoms with Crippen LogP contribution in [0.3, 0.4) is 0 Å². The monoisotopic (exact) mass is 291 g/mol. The third kappa shape index (κ3) is 3.47. The standard InChI is InChI=1S/C10H11BrClNO2/c1-3-6(2)15-10(14)8-4-7(11)5-13-9(8)12/h4-6H,3H2,1-2H3. The molecule has 0 radical (unpaired) electrons. The summed E-state index contributed by atoms with van der Waals surface area (Å²) in [6, 6.07) is 1.60. The lowest BCUT2D eigenvalue weighted by Gasteiger charge is -2.11. The van der Waals surface area contributed by atoms with Crippen molar-refractivity contribution in [1.29, 1.82) is 0 Å². The van der Waals surface area contributed by atoms with Crippen molar-refractivity contribution in [1.82, 2.24) is 4.98 Å². The van der Waals surface area contributed by atoms with Gasteiger partial charge in [-0.15, -0.1) is 0 Å². The molecule has 3 nitrogen and oxygen atoms in total. The molecule has 0 aliphatic carbocycles. The largest absolute Gasteiger partial charge is 0.459 e. The van der Waals surface area contributed by atoms with Crippen LogP contribution in [0, 0.1) is 0 Å². The van der Waals surface area contributed by atoms with E-state index in [1.807, 2.05) is 13.8 Å². The predicted molar refractivity (Wildman–Crippen MR) is 62.1 cm³/mol. The Morgan fingerprint density at radius 1 is 1.73 bits per heavy atom. The molecule has 1 aromatic heterocycles. The van der Waals surface area contributed by atoms with Gasteiger partial charge in [0, 0.05) is 10.7 Å². The Hall–Kier alpha value is -0.610. The number of esters is 1. The van der Waals surface area contributed by atoms with Crippen LogP contribution in [0.5, 0.6) is 0 Å². The normalized spacial score (nSPS) is 12.3. The van der Waals surface area contributed by atoms with Gasteiger partial charge in [0.15, 0.2) is 0 Å². The quantitative estimate of drug-likeness (QED) is 0.633. The third-order valence-electron chi connectivity index (χ3n) is 1.91. The van der Waals surface area contributed by atoms with Crippen molar-refractivity contribution in [2.45, 2.75) is 26.4 Å². The number of carbonyl (C=O) groups excluding carboxylic acids is 1. The van der Waals surface area contributed by atoms with Crippen molar-refractivity contribution in [2.75, 3.05) is 0 Å². The van der Waals surface area contributed by atoms with Gasteiger partial charge in [-0.25, -0.2) is 9.78 Å². The SMILES string of the molecule is CCC(C)OC(=O)c1cc(Br)cnc1Cl. The van der Waals surface area contributed by atoms with Gasteiger partial charge in [-0.3, -0.25) is 0 Å². The number of hydrogen-bond acceptors (Lipinski definition) is 3. The number of nitrogens with zero attached hydrogens (tertiary/aromatic N) is 1. The lowest BCUT2D eigenvalue weighted by atomic mass is 10.3. The minimum absolute atomic E-state index is 0.118. The molecule has 0 bridgehead atoms. The van der Waals surface area contributed by atoms with Crippen molar-refractivity contribution in [3.8, 4) is 0 Å². The van der Waals surface area contributed by atoms with Crippen molar-refractivity contribution in [3.63, 3.8) is 0 Å². The first-order valence-electron chi connectivity index (χ1n) is 4.56. The van der Waals surface area contributed by atoms with Gasteiger partial charge in [0.2, 0.25) is 0 Å². The maximum absolute atomic E-state index is 11.6. The molecule has 1 aromatic rings. The van der Waals surface area contributed by atoms with E-state index in [9.17, 15) is 4.79 Å². The zero-order valence-electron chi connectivity index (χ0n) is 8.46. The molecular weight excluding hydrogens is 281 g/mol. The van der Waals surface area contributed by atoms with E-state index < -0.39 is 5.97 Å². The highest BCUT2D eigenvalue weighted by Gasteiger charge is 2.15. The van der Waals surface area contributed by atoms with E-state index in [1.54, 1.807) is 6.07 Å². The van der Waals surface area contributed by atoms with Gasteiger partial charge in [-0.05, 0) is 35.3 Å². The van der Waals surface area contributed by atoms with E-state index in [-0.39, 0.29) is 16.8 Å². The fraction of sp³-hybridized carbons (Fsp3) is 0.400. The minimum Gasteiger partial charge on any atom is -0.459 e. The summed E-state index contributed by atoms with van der Waals surface area (Å²) in [6.07, 6.45) is 2.18. The number of hydrogen-bond donors (Lipinski definition) is 0. The molecule has 82 valence electrons. The molecule has 1 heterocycles. The Bertz CT molecular complexity index is 370. The Kier molecular flexibility index (Phi) is 4.54. The molecule has 0 spiro atoms. The molecule has 1 rings (SSSR count). The Morgan fingerprint density at radius 3 is 3.00 bits per heavy atom. The van der Waals surface area contributed by atoms with Crippen LogP contribution in [0.15, 0.2) is 16.7 Å². The molecule has 0 aliphatic heterocycles. The Morgan fingerprint density at radius 2 is 2.40 bits per heavy atom. The van der Waals surface area contributed by atoms with E-state index in [0.717, 1.165) is 6.42 Å². The van der Waals surface area contributed by atoms with E-state index in [0.29, 0.717) is 4.47 Å². The number of ether oxygens (including phenoxy) is 1. The zero-order valence-corrected chi connectivity index (χ0v) is 10.8. The molecule has 1 atom stereocenters. The first-order chi connectivity index (χ1) is 7.04. The van der Waals surface area contributed by atoms with E-state index in [1.165, 1.54) is 6.20 Å². The second-order valence-electron chi connectivity index (χ2n) is 3.12. The van der Waals surface area contributed by atoms with Crippen LogP contribution in [0.1, 0.15) is 30.6 Å². The van der Waals surface area contributed by atoms with Crippen LogP contribution in [0.25, 0.3) is 0 Å². The molecule has 0 aromatic carbocycles.